The zero-order valence-electron chi connectivity index (χ0n) is 83.0. The van der Waals surface area contributed by atoms with Crippen molar-refractivity contribution in [3.63, 3.8) is 0 Å². The largest absolute Gasteiger partial charge is 0.456 e. The average Bonchev–Trinajstić information content (AvgIpc) is 1.41. The van der Waals surface area contributed by atoms with Crippen molar-refractivity contribution in [1.82, 2.24) is 27.4 Å². The van der Waals surface area contributed by atoms with Crippen LogP contribution in [0, 0.1) is 55.4 Å². The van der Waals surface area contributed by atoms with Crippen LogP contribution in [0.2, 0.25) is 0 Å². The number of nitrogens with zero attached hydrogens (tertiary/aromatic N) is 6. The Morgan fingerprint density at radius 2 is 0.302 bits per heavy atom. The molecule has 0 saturated carbocycles. The third-order valence-corrected chi connectivity index (χ3v) is 32.1. The number of ether oxygens (including phenoxy) is 6. The molecule has 6 aliphatic heterocycles. The highest BCUT2D eigenvalue weighted by atomic mass is 16.5. The molecule has 0 aliphatic carbocycles. The van der Waals surface area contributed by atoms with E-state index in [1.54, 1.807) is 0 Å². The summed E-state index contributed by atoms with van der Waals surface area (Å²) in [5.74, 6) is 10.3. The molecule has 0 bridgehead atoms. The van der Waals surface area contributed by atoms with E-state index >= 15 is 0 Å². The van der Waals surface area contributed by atoms with Crippen molar-refractivity contribution in [2.24, 2.45) is 0 Å². The Bertz CT molecular complexity index is 9720. The molecule has 12 heterocycles. The number of aryl methyl sites for hydroxylation is 8. The molecule has 0 unspecified atom stereocenters. The maximum atomic E-state index is 7.19. The molecule has 6 aromatic heterocycles. The Balaban J connectivity index is 0.000000101. The molecule has 33 rings (SSSR count). The van der Waals surface area contributed by atoms with Crippen LogP contribution >= 0.6 is 0 Å². The van der Waals surface area contributed by atoms with E-state index < -0.39 is 0 Å². The van der Waals surface area contributed by atoms with Crippen molar-refractivity contribution in [1.29, 1.82) is 0 Å². The monoisotopic (exact) mass is 1910 g/mol. The van der Waals surface area contributed by atoms with E-state index in [4.69, 9.17) is 28.4 Å². The third kappa shape index (κ3) is 12.4. The highest BCUT2D eigenvalue weighted by Gasteiger charge is 2.49. The molecule has 149 heavy (non-hydrogen) atoms. The lowest BCUT2D eigenvalue weighted by atomic mass is 9.34. The molecular formula is C134H91B3N6O6. The first-order valence-electron chi connectivity index (χ1n) is 51.5. The topological polar surface area (TPSA) is 85.0 Å². The van der Waals surface area contributed by atoms with E-state index in [1.165, 1.54) is 120 Å². The first-order chi connectivity index (χ1) is 73.2. The smallest absolute Gasteiger partial charge is 0.260 e. The minimum absolute atomic E-state index is 0.0604. The summed E-state index contributed by atoms with van der Waals surface area (Å²) in [5, 5.41) is 14.6. The van der Waals surface area contributed by atoms with E-state index in [2.05, 4.69) is 489 Å². The number of hydrogen-bond acceptors (Lipinski definition) is 6. The lowest BCUT2D eigenvalue weighted by Crippen LogP contribution is -2.58. The fourth-order valence-electron chi connectivity index (χ4n) is 25.8. The molecule has 15 heteroatoms. The summed E-state index contributed by atoms with van der Waals surface area (Å²) >= 11 is 0. The first-order valence-corrected chi connectivity index (χ1v) is 51.5. The molecule has 27 aromatic rings. The van der Waals surface area contributed by atoms with Gasteiger partial charge in [0.2, 0.25) is 0 Å². The molecule has 12 nitrogen and oxygen atoms in total. The second kappa shape index (κ2) is 32.0. The van der Waals surface area contributed by atoms with Crippen LogP contribution in [-0.2, 0) is 0 Å². The fourth-order valence-corrected chi connectivity index (χ4v) is 25.8. The van der Waals surface area contributed by atoms with Gasteiger partial charge in [0, 0.05) is 81.0 Å². The number of aromatic nitrogens is 6. The zero-order chi connectivity index (χ0) is 98.9. The van der Waals surface area contributed by atoms with Crippen molar-refractivity contribution in [3.05, 3.63) is 451 Å². The fraction of sp³-hybridized carbons (Fsp3) is 0.0597. The number of hydrogen-bond donors (Lipinski definition) is 0. The Morgan fingerprint density at radius 3 is 0.517 bits per heavy atom. The minimum atomic E-state index is -0.0823. The van der Waals surface area contributed by atoms with Crippen LogP contribution in [0.1, 0.15) is 44.5 Å². The zero-order valence-corrected chi connectivity index (χ0v) is 83.0. The molecule has 0 atom stereocenters. The highest BCUT2D eigenvalue weighted by Crippen LogP contribution is 2.53. The Morgan fingerprint density at radius 1 is 0.141 bits per heavy atom. The third-order valence-electron chi connectivity index (χ3n) is 32.1. The lowest BCUT2D eigenvalue weighted by molar-refractivity contribution is 0.461. The molecule has 702 valence electrons. The predicted molar refractivity (Wildman–Crippen MR) is 616 cm³/mol. The van der Waals surface area contributed by atoms with Gasteiger partial charge in [0.25, 0.3) is 20.1 Å². The van der Waals surface area contributed by atoms with Crippen LogP contribution in [0.25, 0.3) is 165 Å². The summed E-state index contributed by atoms with van der Waals surface area (Å²) < 4.78 is 57.1. The molecule has 0 fully saturated rings. The Labute approximate surface area is 859 Å². The van der Waals surface area contributed by atoms with Crippen molar-refractivity contribution in [3.8, 4) is 103 Å². The van der Waals surface area contributed by atoms with Gasteiger partial charge in [-0.05, 0) is 240 Å². The Kier molecular flexibility index (Phi) is 18.2. The van der Waals surface area contributed by atoms with Crippen molar-refractivity contribution in [2.75, 3.05) is 0 Å². The van der Waals surface area contributed by atoms with E-state index in [0.29, 0.717) is 0 Å². The second-order valence-electron chi connectivity index (χ2n) is 41.3. The summed E-state index contributed by atoms with van der Waals surface area (Å²) in [6.07, 6.45) is 0. The average molecular weight is 1910 g/mol. The molecule has 0 saturated heterocycles. The van der Waals surface area contributed by atoms with Gasteiger partial charge >= 0.3 is 0 Å². The number of fused-ring (bicyclic) bond motifs is 30. The molecule has 6 aliphatic rings. The van der Waals surface area contributed by atoms with Gasteiger partial charge < -0.3 is 55.8 Å². The van der Waals surface area contributed by atoms with Crippen LogP contribution in [0.5, 0.6) is 69.0 Å². The van der Waals surface area contributed by atoms with Crippen LogP contribution in [-0.4, -0.2) is 47.5 Å². The van der Waals surface area contributed by atoms with Gasteiger partial charge in [0.05, 0.1) is 100 Å². The van der Waals surface area contributed by atoms with Gasteiger partial charge in [-0.2, -0.15) is 0 Å². The summed E-state index contributed by atoms with van der Waals surface area (Å²) in [7, 11) is 0. The van der Waals surface area contributed by atoms with Crippen LogP contribution in [0.3, 0.4) is 0 Å². The minimum Gasteiger partial charge on any atom is -0.456 e. The van der Waals surface area contributed by atoms with Crippen molar-refractivity contribution >= 4 is 200 Å². The molecule has 0 spiro atoms. The van der Waals surface area contributed by atoms with Crippen molar-refractivity contribution < 1.29 is 28.4 Å². The van der Waals surface area contributed by atoms with Gasteiger partial charge in [0.15, 0.2) is 34.5 Å². The van der Waals surface area contributed by atoms with Gasteiger partial charge in [-0.25, -0.2) is 0 Å². The van der Waals surface area contributed by atoms with Crippen LogP contribution in [0.15, 0.2) is 406 Å². The summed E-state index contributed by atoms with van der Waals surface area (Å²) in [5.41, 5.74) is 39.5. The predicted octanol–water partition coefficient (Wildman–Crippen LogP) is 28.3. The molecule has 0 amide bonds. The first kappa shape index (κ1) is 84.9. The highest BCUT2D eigenvalue weighted by molar-refractivity contribution is 7.00. The summed E-state index contributed by atoms with van der Waals surface area (Å²) in [6.45, 7) is 17.1. The number of para-hydroxylation sites is 10. The van der Waals surface area contributed by atoms with Gasteiger partial charge in [-0.3, -0.25) is 0 Å². The van der Waals surface area contributed by atoms with Gasteiger partial charge in [0.1, 0.15) is 34.5 Å². The molecule has 0 N–H and O–H groups in total. The van der Waals surface area contributed by atoms with Gasteiger partial charge in [-0.15, -0.1) is 0 Å². The summed E-state index contributed by atoms with van der Waals surface area (Å²) in [4.78, 5) is 0. The normalized spacial score (nSPS) is 13.0. The van der Waals surface area contributed by atoms with Crippen LogP contribution < -0.4 is 77.6 Å². The summed E-state index contributed by atoms with van der Waals surface area (Å²) in [6, 6.07) is 147. The van der Waals surface area contributed by atoms with Gasteiger partial charge in [-0.1, -0.05) is 299 Å². The van der Waals surface area contributed by atoms with E-state index in [0.717, 1.165) is 208 Å². The SMILES string of the molecule is Cc1ccc2c(c1)B1c3cc(C)ccc3Oc3c(-n4c5ccc(C)cc5c5cc(C)ccc54)cc(-n4c5ccc(C)cc5c5cc(C)ccc54)c(c31)O2.Cc1ccc2c(c1)B1c3cc(C)ccc3Oc3c(-n4c5ccccc5c5ccccc54)cc(-n4c5ccccc5c5ccccc54)c(c31)O2.c1ccc2c(c1)Oc1c(-n3c4ccccc4c4ccccc43)cc(-n3c4ccccc4c4ccccc43)c3c1B2c1ccccc1O3. The van der Waals surface area contributed by atoms with Crippen molar-refractivity contribution in [2.45, 2.75) is 55.4 Å². The maximum Gasteiger partial charge on any atom is 0.260 e. The molecule has 21 aromatic carbocycles. The van der Waals surface area contributed by atoms with E-state index in [-0.39, 0.29) is 20.1 Å². The maximum absolute atomic E-state index is 7.19. The van der Waals surface area contributed by atoms with E-state index in [9.17, 15) is 0 Å². The second-order valence-corrected chi connectivity index (χ2v) is 41.3. The lowest BCUT2D eigenvalue weighted by Gasteiger charge is -2.36. The van der Waals surface area contributed by atoms with E-state index in [1.807, 2.05) is 0 Å². The molecule has 0 radical (unpaired) electrons. The number of rotatable bonds is 6. The quantitative estimate of drug-likeness (QED) is 0.154. The molecular weight excluding hydrogens is 1820 g/mol. The Hall–Kier alpha value is -18.6. The standard InChI is InChI=1S/C48H37BN2O2.C44H29BN2O2.C42H25BN2O2/c1-26-7-13-38-32(19-26)33-20-27(2)8-14-39(33)50(38)42-25-43(51-40-15-9-28(3)21-34(40)35-22-29(4)10-16-41(35)51)48-46-47(42)52-44-17-11-30(5)23-36(44)49(46)37-24-31(6)12-18-45(37)53-48;1-26-19-21-40-32(23-26)45-33-24-27(2)20-22-41(33)49-44-39(47-36-17-9-5-13-30(36)31-14-6-10-18-37(31)47)25-38(43(48-40)42(44)45)46-34-15-7-3-11-28(34)29-12-4-8-16-35(29)46;1-7-19-32-26(13-1)27-14-2-8-20-33(27)44(32)36-25-37(45-34-21-9-3-15-28(34)29-16-4-10-22-35(29)45)42-40-41(36)46-38-23-11-5-17-30(38)43(40)31-18-6-12-24-39(31)47-42/h7-25H,1-6H3;3-25H,1-2H3;1-25H. The van der Waals surface area contributed by atoms with Crippen LogP contribution in [0.4, 0.5) is 0 Å². The number of benzene rings is 21.